The molecule has 4 nitrogen and oxygen atoms in total. The maximum absolute atomic E-state index is 12.2. The summed E-state index contributed by atoms with van der Waals surface area (Å²) in [7, 11) is 0. The van der Waals surface area contributed by atoms with Crippen molar-refractivity contribution in [3.63, 3.8) is 0 Å². The van der Waals surface area contributed by atoms with E-state index in [9.17, 15) is 22.8 Å². The lowest BCUT2D eigenvalue weighted by Crippen LogP contribution is -2.52. The zero-order chi connectivity index (χ0) is 12.5. The zero-order valence-corrected chi connectivity index (χ0v) is 8.62. The molecule has 0 unspecified atom stereocenters. The van der Waals surface area contributed by atoms with E-state index in [1.807, 2.05) is 0 Å². The molecule has 1 saturated heterocycles. The number of alkyl halides is 3. The molecule has 0 saturated carbocycles. The fourth-order valence-electron chi connectivity index (χ4n) is 1.86. The summed E-state index contributed by atoms with van der Waals surface area (Å²) in [6.45, 7) is -0.0433. The number of carbonyl (C=O) groups is 2. The van der Waals surface area contributed by atoms with Crippen molar-refractivity contribution in [2.75, 3.05) is 6.54 Å². The van der Waals surface area contributed by atoms with Crippen LogP contribution in [0.1, 0.15) is 19.8 Å². The van der Waals surface area contributed by atoms with Gasteiger partial charge in [-0.1, -0.05) is 0 Å². The van der Waals surface area contributed by atoms with Crippen LogP contribution in [0.3, 0.4) is 0 Å². The van der Waals surface area contributed by atoms with Crippen molar-refractivity contribution in [1.29, 1.82) is 0 Å². The highest BCUT2D eigenvalue weighted by molar-refractivity contribution is 5.81. The molecule has 0 spiro atoms. The highest BCUT2D eigenvalue weighted by atomic mass is 19.4. The lowest BCUT2D eigenvalue weighted by molar-refractivity contribution is -0.174. The first-order valence-electron chi connectivity index (χ1n) is 4.81. The molecule has 1 aliphatic heterocycles. The second kappa shape index (κ2) is 4.31. The quantitative estimate of drug-likeness (QED) is 0.789. The molecule has 0 aromatic rings. The summed E-state index contributed by atoms with van der Waals surface area (Å²) in [5, 5.41) is 8.79. The van der Waals surface area contributed by atoms with Gasteiger partial charge in [0.2, 0.25) is 5.91 Å². The predicted molar refractivity (Wildman–Crippen MR) is 47.6 cm³/mol. The summed E-state index contributed by atoms with van der Waals surface area (Å²) in [4.78, 5) is 22.6. The minimum atomic E-state index is -4.50. The van der Waals surface area contributed by atoms with Crippen LogP contribution in [0.2, 0.25) is 0 Å². The first kappa shape index (κ1) is 12.8. The van der Waals surface area contributed by atoms with Gasteiger partial charge in [-0.25, -0.2) is 0 Å². The third-order valence-corrected chi connectivity index (χ3v) is 2.73. The van der Waals surface area contributed by atoms with Gasteiger partial charge in [-0.2, -0.15) is 13.2 Å². The molecule has 2 atom stereocenters. The molecular weight excluding hydrogens is 227 g/mol. The van der Waals surface area contributed by atoms with Crippen LogP contribution < -0.4 is 0 Å². The van der Waals surface area contributed by atoms with Gasteiger partial charge in [-0.15, -0.1) is 0 Å². The van der Waals surface area contributed by atoms with E-state index in [1.54, 1.807) is 0 Å². The predicted octanol–water partition coefficient (Wildman–Crippen LogP) is 1.26. The van der Waals surface area contributed by atoms with Gasteiger partial charge >= 0.3 is 12.1 Å². The molecule has 1 N–H and O–H groups in total. The van der Waals surface area contributed by atoms with Crippen LogP contribution in [0.4, 0.5) is 13.2 Å². The van der Waals surface area contributed by atoms with Crippen LogP contribution in [0.15, 0.2) is 0 Å². The monoisotopic (exact) mass is 239 g/mol. The molecule has 92 valence electrons. The van der Waals surface area contributed by atoms with E-state index < -0.39 is 36.6 Å². The van der Waals surface area contributed by atoms with Gasteiger partial charge in [0.15, 0.2) is 0 Å². The number of halogens is 3. The number of carboxylic acids is 1. The van der Waals surface area contributed by atoms with E-state index in [0.29, 0.717) is 4.90 Å². The SMILES string of the molecule is C[C@@H]1[C@@H](C(=O)O)CCC(=O)N1CC(F)(F)F. The van der Waals surface area contributed by atoms with Gasteiger partial charge in [0.1, 0.15) is 6.54 Å². The lowest BCUT2D eigenvalue weighted by atomic mass is 9.90. The van der Waals surface area contributed by atoms with Crippen LogP contribution >= 0.6 is 0 Å². The molecule has 1 heterocycles. The van der Waals surface area contributed by atoms with E-state index in [1.165, 1.54) is 6.92 Å². The molecule has 0 aliphatic carbocycles. The van der Waals surface area contributed by atoms with Gasteiger partial charge < -0.3 is 10.0 Å². The van der Waals surface area contributed by atoms with Crippen LogP contribution in [0.5, 0.6) is 0 Å². The van der Waals surface area contributed by atoms with Crippen LogP contribution in [-0.4, -0.2) is 40.6 Å². The molecule has 1 amide bonds. The number of hydrogen-bond donors (Lipinski definition) is 1. The van der Waals surface area contributed by atoms with Gasteiger partial charge in [0, 0.05) is 12.5 Å². The van der Waals surface area contributed by atoms with Gasteiger partial charge in [-0.05, 0) is 13.3 Å². The number of amides is 1. The van der Waals surface area contributed by atoms with Gasteiger partial charge in [0.05, 0.1) is 5.92 Å². The van der Waals surface area contributed by atoms with Crippen molar-refractivity contribution >= 4 is 11.9 Å². The molecule has 0 aromatic heterocycles. The maximum atomic E-state index is 12.2. The molecule has 1 rings (SSSR count). The number of likely N-dealkylation sites (tertiary alicyclic amines) is 1. The zero-order valence-electron chi connectivity index (χ0n) is 8.62. The normalized spacial score (nSPS) is 27.0. The largest absolute Gasteiger partial charge is 0.481 e. The summed E-state index contributed by atoms with van der Waals surface area (Å²) in [6, 6.07) is -0.916. The second-order valence-corrected chi connectivity index (χ2v) is 3.86. The lowest BCUT2D eigenvalue weighted by Gasteiger charge is -2.37. The van der Waals surface area contributed by atoms with Crippen LogP contribution in [-0.2, 0) is 9.59 Å². The second-order valence-electron chi connectivity index (χ2n) is 3.86. The molecule has 16 heavy (non-hydrogen) atoms. The molecule has 0 radical (unpaired) electrons. The van der Waals surface area contributed by atoms with Crippen molar-refractivity contribution in [2.45, 2.75) is 32.0 Å². The van der Waals surface area contributed by atoms with Crippen molar-refractivity contribution in [3.05, 3.63) is 0 Å². The van der Waals surface area contributed by atoms with E-state index in [4.69, 9.17) is 5.11 Å². The Bertz CT molecular complexity index is 303. The van der Waals surface area contributed by atoms with E-state index >= 15 is 0 Å². The highest BCUT2D eigenvalue weighted by Crippen LogP contribution is 2.28. The van der Waals surface area contributed by atoms with Crippen LogP contribution in [0.25, 0.3) is 0 Å². The number of hydrogen-bond acceptors (Lipinski definition) is 2. The molecule has 0 aromatic carbocycles. The Morgan fingerprint density at radius 1 is 1.56 bits per heavy atom. The third-order valence-electron chi connectivity index (χ3n) is 2.73. The highest BCUT2D eigenvalue weighted by Gasteiger charge is 2.42. The minimum absolute atomic E-state index is 0.101. The van der Waals surface area contributed by atoms with Crippen molar-refractivity contribution in [2.24, 2.45) is 5.92 Å². The Morgan fingerprint density at radius 3 is 2.56 bits per heavy atom. The smallest absolute Gasteiger partial charge is 0.406 e. The van der Waals surface area contributed by atoms with Gasteiger partial charge in [0.25, 0.3) is 0 Å². The number of nitrogens with zero attached hydrogens (tertiary/aromatic N) is 1. The summed E-state index contributed by atoms with van der Waals surface area (Å²) in [6.07, 6.45) is -4.54. The summed E-state index contributed by atoms with van der Waals surface area (Å²) >= 11 is 0. The molecule has 1 aliphatic rings. The Labute approximate surface area is 90.0 Å². The molecule has 1 fully saturated rings. The molecule has 7 heteroatoms. The topological polar surface area (TPSA) is 57.6 Å². The average Bonchev–Trinajstić information content (AvgIpc) is 2.10. The standard InChI is InChI=1S/C9H12F3NO3/c1-5-6(8(15)16)2-3-7(14)13(5)4-9(10,11)12/h5-6H,2-4H2,1H3,(H,15,16)/t5-,6+/m1/s1. The Hall–Kier alpha value is -1.27. The number of rotatable bonds is 2. The van der Waals surface area contributed by atoms with E-state index in [-0.39, 0.29) is 12.8 Å². The van der Waals surface area contributed by atoms with Crippen LogP contribution in [0, 0.1) is 5.92 Å². The number of piperidine rings is 1. The van der Waals surface area contributed by atoms with Crippen molar-refractivity contribution in [1.82, 2.24) is 4.90 Å². The Kier molecular flexibility index (Phi) is 3.44. The fraction of sp³-hybridized carbons (Fsp3) is 0.778. The number of aliphatic carboxylic acids is 1. The minimum Gasteiger partial charge on any atom is -0.481 e. The van der Waals surface area contributed by atoms with Gasteiger partial charge in [-0.3, -0.25) is 9.59 Å². The first-order valence-corrected chi connectivity index (χ1v) is 4.81. The molecular formula is C9H12F3NO3. The number of carbonyl (C=O) groups excluding carboxylic acids is 1. The Morgan fingerprint density at radius 2 is 2.12 bits per heavy atom. The summed E-state index contributed by atoms with van der Waals surface area (Å²) in [5.41, 5.74) is 0. The number of carboxylic acid groups (broad SMARTS) is 1. The fourth-order valence-corrected chi connectivity index (χ4v) is 1.86. The third kappa shape index (κ3) is 2.86. The summed E-state index contributed by atoms with van der Waals surface area (Å²) in [5.74, 6) is -2.71. The van der Waals surface area contributed by atoms with E-state index in [0.717, 1.165) is 0 Å². The Balaban J connectivity index is 2.80. The maximum Gasteiger partial charge on any atom is 0.406 e. The first-order chi connectivity index (χ1) is 7.22. The van der Waals surface area contributed by atoms with E-state index in [2.05, 4.69) is 0 Å². The van der Waals surface area contributed by atoms with Crippen molar-refractivity contribution in [3.8, 4) is 0 Å². The average molecular weight is 239 g/mol. The van der Waals surface area contributed by atoms with Crippen molar-refractivity contribution < 1.29 is 27.9 Å². The summed E-state index contributed by atoms with van der Waals surface area (Å²) < 4.78 is 36.5. The molecule has 0 bridgehead atoms.